The summed E-state index contributed by atoms with van der Waals surface area (Å²) in [6, 6.07) is 7.42. The van der Waals surface area contributed by atoms with Gasteiger partial charge in [-0.2, -0.15) is 0 Å². The Morgan fingerprint density at radius 3 is 2.96 bits per heavy atom. The predicted octanol–water partition coefficient (Wildman–Crippen LogP) is 2.60. The number of aromatic nitrogens is 4. The number of nitrogens with zero attached hydrogens (tertiary/aromatic N) is 4. The third-order valence-corrected chi connectivity index (χ3v) is 4.21. The minimum absolute atomic E-state index is 0.341. The molecule has 130 valence electrons. The van der Waals surface area contributed by atoms with Crippen molar-refractivity contribution in [2.24, 2.45) is 5.92 Å². The number of carbonyl (C=O) groups is 1. The number of hydrogen-bond acceptors (Lipinski definition) is 5. The summed E-state index contributed by atoms with van der Waals surface area (Å²) in [7, 11) is 0. The topological polar surface area (TPSA) is 84.7 Å². The second-order valence-corrected chi connectivity index (χ2v) is 6.23. The molecule has 2 heterocycles. The summed E-state index contributed by atoms with van der Waals surface area (Å²) in [5, 5.41) is 6.11. The van der Waals surface area contributed by atoms with Crippen LogP contribution in [0.15, 0.2) is 36.9 Å². The maximum Gasteiger partial charge on any atom is 0.300 e. The number of imidazole rings is 1. The number of anilines is 2. The third kappa shape index (κ3) is 3.49. The van der Waals surface area contributed by atoms with Crippen molar-refractivity contribution in [3.63, 3.8) is 0 Å². The lowest BCUT2D eigenvalue weighted by molar-refractivity contribution is -0.111. The largest absolute Gasteiger partial charge is 0.370 e. The smallest absolute Gasteiger partial charge is 0.300 e. The van der Waals surface area contributed by atoms with Gasteiger partial charge in [0.1, 0.15) is 24.3 Å². The number of amides is 1. The monoisotopic (exact) mass is 346 g/mol. The molecule has 1 aliphatic rings. The Labute approximate surface area is 150 Å². The molecular formula is C19H18N6O. The summed E-state index contributed by atoms with van der Waals surface area (Å²) < 4.78 is 1.88. The summed E-state index contributed by atoms with van der Waals surface area (Å²) in [6.07, 6.45) is 5.83. The van der Waals surface area contributed by atoms with E-state index in [1.54, 1.807) is 25.6 Å². The van der Waals surface area contributed by atoms with Gasteiger partial charge in [0.25, 0.3) is 5.91 Å². The number of rotatable bonds is 5. The second kappa shape index (κ2) is 6.84. The molecule has 1 aromatic carbocycles. The van der Waals surface area contributed by atoms with E-state index >= 15 is 0 Å². The maximum atomic E-state index is 11.7. The van der Waals surface area contributed by atoms with E-state index in [4.69, 9.17) is 0 Å². The van der Waals surface area contributed by atoms with E-state index in [0.29, 0.717) is 5.69 Å². The standard InChI is InChI=1S/C19H18N6O/c1-2-3-19(26)24-14-6-7-15-16(8-14)25(12-23-15)18-9-17(21-11-22-18)20-10-13-4-5-13/h6-9,11-13H,4-5,10H2,1H3,(H,24,26)(H,20,21,22). The molecule has 1 amide bonds. The van der Waals surface area contributed by atoms with Crippen molar-refractivity contribution in [1.82, 2.24) is 19.5 Å². The minimum Gasteiger partial charge on any atom is -0.370 e. The predicted molar refractivity (Wildman–Crippen MR) is 100.0 cm³/mol. The van der Waals surface area contributed by atoms with Gasteiger partial charge in [-0.1, -0.05) is 5.92 Å². The molecule has 2 N–H and O–H groups in total. The van der Waals surface area contributed by atoms with Crippen LogP contribution in [0.1, 0.15) is 19.8 Å². The number of benzene rings is 1. The fourth-order valence-electron chi connectivity index (χ4n) is 2.69. The van der Waals surface area contributed by atoms with Crippen LogP contribution in [0.5, 0.6) is 0 Å². The first-order valence-corrected chi connectivity index (χ1v) is 8.50. The molecule has 0 spiro atoms. The van der Waals surface area contributed by atoms with Crippen molar-refractivity contribution >= 4 is 28.4 Å². The van der Waals surface area contributed by atoms with E-state index in [0.717, 1.165) is 35.1 Å². The average molecular weight is 346 g/mol. The number of fused-ring (bicyclic) bond motifs is 1. The maximum absolute atomic E-state index is 11.7. The highest BCUT2D eigenvalue weighted by atomic mass is 16.1. The van der Waals surface area contributed by atoms with Gasteiger partial charge >= 0.3 is 0 Å². The average Bonchev–Trinajstić information content (AvgIpc) is 3.38. The van der Waals surface area contributed by atoms with Crippen LogP contribution in [0.3, 0.4) is 0 Å². The molecule has 7 nitrogen and oxygen atoms in total. The molecule has 1 saturated carbocycles. The molecule has 3 aromatic rings. The molecule has 7 heteroatoms. The first kappa shape index (κ1) is 16.1. The van der Waals surface area contributed by atoms with Crippen LogP contribution in [0, 0.1) is 17.8 Å². The highest BCUT2D eigenvalue weighted by molar-refractivity contribution is 6.04. The summed E-state index contributed by atoms with van der Waals surface area (Å²) in [6.45, 7) is 2.57. The Kier molecular flexibility index (Phi) is 4.23. The van der Waals surface area contributed by atoms with Crippen molar-refractivity contribution in [2.75, 3.05) is 17.2 Å². The van der Waals surface area contributed by atoms with Crippen molar-refractivity contribution in [3.8, 4) is 17.7 Å². The molecule has 0 aliphatic heterocycles. The third-order valence-electron chi connectivity index (χ3n) is 4.21. The lowest BCUT2D eigenvalue weighted by atomic mass is 10.2. The van der Waals surface area contributed by atoms with Gasteiger partial charge in [0.2, 0.25) is 0 Å². The van der Waals surface area contributed by atoms with E-state index in [1.807, 2.05) is 22.8 Å². The Morgan fingerprint density at radius 1 is 1.27 bits per heavy atom. The van der Waals surface area contributed by atoms with Crippen LogP contribution < -0.4 is 10.6 Å². The van der Waals surface area contributed by atoms with Gasteiger partial charge in [0.15, 0.2) is 0 Å². The minimum atomic E-state index is -0.341. The molecule has 0 saturated heterocycles. The zero-order chi connectivity index (χ0) is 17.9. The van der Waals surface area contributed by atoms with Crippen LogP contribution in [0.25, 0.3) is 16.9 Å². The molecule has 4 rings (SSSR count). The highest BCUT2D eigenvalue weighted by Crippen LogP contribution is 2.29. The van der Waals surface area contributed by atoms with Crippen molar-refractivity contribution in [1.29, 1.82) is 0 Å². The summed E-state index contributed by atoms with van der Waals surface area (Å²) in [5.41, 5.74) is 2.32. The van der Waals surface area contributed by atoms with Crippen molar-refractivity contribution < 1.29 is 4.79 Å². The van der Waals surface area contributed by atoms with Crippen LogP contribution in [0.2, 0.25) is 0 Å². The van der Waals surface area contributed by atoms with Gasteiger partial charge in [-0.05, 0) is 49.8 Å². The molecular weight excluding hydrogens is 328 g/mol. The van der Waals surface area contributed by atoms with Crippen LogP contribution in [-0.2, 0) is 4.79 Å². The van der Waals surface area contributed by atoms with E-state index in [9.17, 15) is 4.79 Å². The quantitative estimate of drug-likeness (QED) is 0.694. The molecule has 1 fully saturated rings. The van der Waals surface area contributed by atoms with Gasteiger partial charge < -0.3 is 10.6 Å². The normalized spacial score (nSPS) is 13.1. The van der Waals surface area contributed by atoms with E-state index in [2.05, 4.69) is 37.4 Å². The fourth-order valence-corrected chi connectivity index (χ4v) is 2.69. The van der Waals surface area contributed by atoms with E-state index in [1.165, 1.54) is 12.8 Å². The number of carbonyl (C=O) groups excluding carboxylic acids is 1. The van der Waals surface area contributed by atoms with Crippen LogP contribution >= 0.6 is 0 Å². The Morgan fingerprint density at radius 2 is 2.15 bits per heavy atom. The Balaban J connectivity index is 1.63. The van der Waals surface area contributed by atoms with Crippen molar-refractivity contribution in [2.45, 2.75) is 19.8 Å². The van der Waals surface area contributed by atoms with Gasteiger partial charge in [0, 0.05) is 18.3 Å². The van der Waals surface area contributed by atoms with Crippen LogP contribution in [-0.4, -0.2) is 32.0 Å². The first-order chi connectivity index (χ1) is 12.7. The Hall–Kier alpha value is -3.40. The van der Waals surface area contributed by atoms with Crippen molar-refractivity contribution in [3.05, 3.63) is 36.9 Å². The lowest BCUT2D eigenvalue weighted by Crippen LogP contribution is -2.08. The number of hydrogen-bond donors (Lipinski definition) is 2. The molecule has 0 radical (unpaired) electrons. The molecule has 1 aliphatic carbocycles. The highest BCUT2D eigenvalue weighted by Gasteiger charge is 2.20. The SMILES string of the molecule is CC#CC(=O)Nc1ccc2ncn(-c3cc(NCC4CC4)ncn3)c2c1. The van der Waals surface area contributed by atoms with Gasteiger partial charge in [-0.3, -0.25) is 9.36 Å². The zero-order valence-electron chi connectivity index (χ0n) is 14.4. The van der Waals surface area contributed by atoms with Gasteiger partial charge in [-0.15, -0.1) is 0 Å². The molecule has 0 bridgehead atoms. The van der Waals surface area contributed by atoms with Gasteiger partial charge in [0.05, 0.1) is 11.0 Å². The summed E-state index contributed by atoms with van der Waals surface area (Å²) in [5.74, 6) is 6.99. The molecule has 0 unspecified atom stereocenters. The second-order valence-electron chi connectivity index (χ2n) is 6.23. The van der Waals surface area contributed by atoms with Crippen LogP contribution in [0.4, 0.5) is 11.5 Å². The lowest BCUT2D eigenvalue weighted by Gasteiger charge is -2.08. The molecule has 0 atom stereocenters. The summed E-state index contributed by atoms with van der Waals surface area (Å²) in [4.78, 5) is 24.7. The number of nitrogens with one attached hydrogen (secondary N) is 2. The molecule has 2 aromatic heterocycles. The molecule has 26 heavy (non-hydrogen) atoms. The van der Waals surface area contributed by atoms with Gasteiger partial charge in [-0.25, -0.2) is 15.0 Å². The first-order valence-electron chi connectivity index (χ1n) is 8.50. The zero-order valence-corrected chi connectivity index (χ0v) is 14.4. The van der Waals surface area contributed by atoms with E-state index < -0.39 is 0 Å². The Bertz CT molecular complexity index is 1030. The fraction of sp³-hybridized carbons (Fsp3) is 0.263. The summed E-state index contributed by atoms with van der Waals surface area (Å²) >= 11 is 0. The van der Waals surface area contributed by atoms with E-state index in [-0.39, 0.29) is 5.91 Å².